The van der Waals surface area contributed by atoms with Gasteiger partial charge in [0.1, 0.15) is 0 Å². The number of carbonyl (C=O) groups is 1. The molecular weight excluding hydrogens is 230 g/mol. The molecule has 0 saturated carbocycles. The molecule has 5 heteroatoms. The third-order valence-corrected chi connectivity index (χ3v) is 3.83. The summed E-state index contributed by atoms with van der Waals surface area (Å²) in [5, 5.41) is 3.31. The van der Waals surface area contributed by atoms with Gasteiger partial charge in [0.25, 0.3) is 0 Å². The molecule has 2 atom stereocenters. The van der Waals surface area contributed by atoms with E-state index < -0.39 is 0 Å². The normalized spacial score (nSPS) is 30.4. The lowest BCUT2D eigenvalue weighted by atomic mass is 10.1. The highest BCUT2D eigenvalue weighted by Gasteiger charge is 2.30. The monoisotopic (exact) mass is 255 g/mol. The van der Waals surface area contributed by atoms with Crippen LogP contribution in [0.1, 0.15) is 20.3 Å². The van der Waals surface area contributed by atoms with E-state index in [4.69, 9.17) is 4.74 Å². The van der Waals surface area contributed by atoms with E-state index in [1.165, 1.54) is 0 Å². The number of hydrogen-bond donors (Lipinski definition) is 1. The van der Waals surface area contributed by atoms with Crippen LogP contribution in [0, 0.1) is 0 Å². The van der Waals surface area contributed by atoms with Crippen molar-refractivity contribution < 1.29 is 9.53 Å². The Morgan fingerprint density at radius 1 is 1.39 bits per heavy atom. The summed E-state index contributed by atoms with van der Waals surface area (Å²) in [6, 6.07) is 0.261. The van der Waals surface area contributed by atoms with Gasteiger partial charge in [-0.25, -0.2) is 0 Å². The Kier molecular flexibility index (Phi) is 4.97. The lowest BCUT2D eigenvalue weighted by molar-refractivity contribution is -0.145. The number of rotatable bonds is 3. The Balaban J connectivity index is 1.88. The first-order chi connectivity index (χ1) is 8.70. The molecule has 18 heavy (non-hydrogen) atoms. The van der Waals surface area contributed by atoms with Crippen LogP contribution < -0.4 is 5.32 Å². The summed E-state index contributed by atoms with van der Waals surface area (Å²) in [6.07, 6.45) is 1.14. The summed E-state index contributed by atoms with van der Waals surface area (Å²) in [5.74, 6) is 0.263. The molecule has 2 aliphatic rings. The number of nitrogens with zero attached hydrogens (tertiary/aromatic N) is 2. The molecule has 0 aromatic carbocycles. The van der Waals surface area contributed by atoms with Crippen molar-refractivity contribution in [3.63, 3.8) is 0 Å². The van der Waals surface area contributed by atoms with Gasteiger partial charge in [-0.3, -0.25) is 9.69 Å². The molecule has 0 aromatic heterocycles. The summed E-state index contributed by atoms with van der Waals surface area (Å²) in [6.45, 7) is 10.1. The number of piperazine rings is 1. The predicted molar refractivity (Wildman–Crippen MR) is 70.5 cm³/mol. The molecule has 2 rings (SSSR count). The van der Waals surface area contributed by atoms with Crippen molar-refractivity contribution in [1.82, 2.24) is 15.1 Å². The van der Waals surface area contributed by atoms with Crippen LogP contribution in [0.5, 0.6) is 0 Å². The van der Waals surface area contributed by atoms with Crippen molar-refractivity contribution in [3.05, 3.63) is 0 Å². The van der Waals surface area contributed by atoms with E-state index in [1.54, 1.807) is 0 Å². The maximum Gasteiger partial charge on any atom is 0.237 e. The average Bonchev–Trinajstić information content (AvgIpc) is 2.40. The molecule has 2 fully saturated rings. The fourth-order valence-corrected chi connectivity index (χ4v) is 2.64. The highest BCUT2D eigenvalue weighted by atomic mass is 16.5. The molecule has 2 aliphatic heterocycles. The quantitative estimate of drug-likeness (QED) is 0.766. The molecule has 2 unspecified atom stereocenters. The summed E-state index contributed by atoms with van der Waals surface area (Å²) < 4.78 is 5.63. The standard InChI is InChI=1S/C13H25N3O2/c1-3-12-10-18-11(2)8-16(12)13(17)9-15-6-4-14-5-7-15/h11-12,14H,3-10H2,1-2H3. The van der Waals surface area contributed by atoms with Gasteiger partial charge < -0.3 is 15.0 Å². The maximum atomic E-state index is 12.4. The fraction of sp³-hybridized carbons (Fsp3) is 0.923. The molecule has 1 amide bonds. The lowest BCUT2D eigenvalue weighted by Crippen LogP contribution is -2.55. The number of carbonyl (C=O) groups excluding carboxylic acids is 1. The first-order valence-electron chi connectivity index (χ1n) is 7.05. The minimum atomic E-state index is 0.166. The topological polar surface area (TPSA) is 44.8 Å². The molecule has 5 nitrogen and oxygen atoms in total. The van der Waals surface area contributed by atoms with Gasteiger partial charge in [0, 0.05) is 32.7 Å². The molecule has 0 aliphatic carbocycles. The van der Waals surface area contributed by atoms with E-state index in [1.807, 2.05) is 11.8 Å². The van der Waals surface area contributed by atoms with E-state index in [2.05, 4.69) is 17.1 Å². The highest BCUT2D eigenvalue weighted by molar-refractivity contribution is 5.78. The van der Waals surface area contributed by atoms with Crippen LogP contribution in [0.15, 0.2) is 0 Å². The number of ether oxygens (including phenoxy) is 1. The van der Waals surface area contributed by atoms with Crippen molar-refractivity contribution in [2.75, 3.05) is 45.9 Å². The van der Waals surface area contributed by atoms with E-state index >= 15 is 0 Å². The van der Waals surface area contributed by atoms with Gasteiger partial charge in [0.2, 0.25) is 5.91 Å². The second-order valence-corrected chi connectivity index (χ2v) is 5.28. The zero-order valence-corrected chi connectivity index (χ0v) is 11.5. The van der Waals surface area contributed by atoms with Crippen LogP contribution in [0.25, 0.3) is 0 Å². The van der Waals surface area contributed by atoms with Crippen LogP contribution in [0.4, 0.5) is 0 Å². The van der Waals surface area contributed by atoms with Crippen LogP contribution in [0.2, 0.25) is 0 Å². The van der Waals surface area contributed by atoms with Gasteiger partial charge in [0.05, 0.1) is 25.3 Å². The van der Waals surface area contributed by atoms with Gasteiger partial charge in [-0.05, 0) is 13.3 Å². The Morgan fingerprint density at radius 3 is 2.78 bits per heavy atom. The lowest BCUT2D eigenvalue weighted by Gasteiger charge is -2.39. The van der Waals surface area contributed by atoms with Crippen molar-refractivity contribution in [2.24, 2.45) is 0 Å². The zero-order valence-electron chi connectivity index (χ0n) is 11.5. The maximum absolute atomic E-state index is 12.4. The number of morpholine rings is 1. The molecule has 2 saturated heterocycles. The molecule has 1 N–H and O–H groups in total. The minimum Gasteiger partial charge on any atom is -0.375 e. The van der Waals surface area contributed by atoms with Crippen molar-refractivity contribution in [3.8, 4) is 0 Å². The summed E-state index contributed by atoms with van der Waals surface area (Å²) >= 11 is 0. The predicted octanol–water partition coefficient (Wildman–Crippen LogP) is -0.0825. The average molecular weight is 255 g/mol. The van der Waals surface area contributed by atoms with Gasteiger partial charge in [0.15, 0.2) is 0 Å². The third kappa shape index (κ3) is 3.43. The first kappa shape index (κ1) is 13.8. The molecule has 0 aromatic rings. The number of nitrogens with one attached hydrogen (secondary N) is 1. The summed E-state index contributed by atoms with van der Waals surface area (Å²) in [4.78, 5) is 16.7. The first-order valence-corrected chi connectivity index (χ1v) is 7.05. The SMILES string of the molecule is CCC1COC(C)CN1C(=O)CN1CCNCC1. The molecule has 104 valence electrons. The second-order valence-electron chi connectivity index (χ2n) is 5.28. The van der Waals surface area contributed by atoms with E-state index in [0.29, 0.717) is 13.2 Å². The minimum absolute atomic E-state index is 0.166. The van der Waals surface area contributed by atoms with E-state index in [9.17, 15) is 4.79 Å². The molecule has 2 heterocycles. The smallest absolute Gasteiger partial charge is 0.237 e. The zero-order chi connectivity index (χ0) is 13.0. The Labute approximate surface area is 109 Å². The van der Waals surface area contributed by atoms with Crippen LogP contribution in [0.3, 0.4) is 0 Å². The Bertz CT molecular complexity index is 279. The van der Waals surface area contributed by atoms with Crippen molar-refractivity contribution in [1.29, 1.82) is 0 Å². The number of amides is 1. The molecule has 0 bridgehead atoms. The second kappa shape index (κ2) is 6.50. The van der Waals surface area contributed by atoms with E-state index in [0.717, 1.165) is 39.1 Å². The molecule has 0 spiro atoms. The Morgan fingerprint density at radius 2 is 2.11 bits per heavy atom. The molecular formula is C13H25N3O2. The third-order valence-electron chi connectivity index (χ3n) is 3.83. The largest absolute Gasteiger partial charge is 0.375 e. The van der Waals surface area contributed by atoms with Gasteiger partial charge >= 0.3 is 0 Å². The van der Waals surface area contributed by atoms with Crippen LogP contribution in [-0.2, 0) is 9.53 Å². The summed E-state index contributed by atoms with van der Waals surface area (Å²) in [7, 11) is 0. The van der Waals surface area contributed by atoms with E-state index in [-0.39, 0.29) is 18.1 Å². The van der Waals surface area contributed by atoms with Crippen LogP contribution in [-0.4, -0.2) is 73.7 Å². The number of hydrogen-bond acceptors (Lipinski definition) is 4. The fourth-order valence-electron chi connectivity index (χ4n) is 2.64. The highest BCUT2D eigenvalue weighted by Crippen LogP contribution is 2.15. The van der Waals surface area contributed by atoms with Crippen molar-refractivity contribution in [2.45, 2.75) is 32.4 Å². The van der Waals surface area contributed by atoms with Gasteiger partial charge in [-0.1, -0.05) is 6.92 Å². The van der Waals surface area contributed by atoms with Crippen molar-refractivity contribution >= 4 is 5.91 Å². The Hall–Kier alpha value is -0.650. The summed E-state index contributed by atoms with van der Waals surface area (Å²) in [5.41, 5.74) is 0. The molecule has 0 radical (unpaired) electrons. The van der Waals surface area contributed by atoms with Gasteiger partial charge in [-0.15, -0.1) is 0 Å². The van der Waals surface area contributed by atoms with Gasteiger partial charge in [-0.2, -0.15) is 0 Å². The van der Waals surface area contributed by atoms with Crippen LogP contribution >= 0.6 is 0 Å².